The van der Waals surface area contributed by atoms with E-state index in [2.05, 4.69) is 31.8 Å². The maximum Gasteiger partial charge on any atom is 2.00 e. The van der Waals surface area contributed by atoms with E-state index in [0.717, 1.165) is 6.69 Å². The van der Waals surface area contributed by atoms with Crippen LogP contribution >= 0.6 is 0 Å². The summed E-state index contributed by atoms with van der Waals surface area (Å²) in [5.41, 5.74) is 2.42. The maximum atomic E-state index is 6.57. The van der Waals surface area contributed by atoms with Crippen LogP contribution in [0, 0.1) is 20.7 Å². The molecule has 0 unspecified atom stereocenters. The summed E-state index contributed by atoms with van der Waals surface area (Å²) in [4.78, 5) is 11.1. The Morgan fingerprint density at radius 2 is 2.42 bits per heavy atom. The van der Waals surface area contributed by atoms with Gasteiger partial charge in [0.05, 0.1) is 1.37 Å². The zero-order chi connectivity index (χ0) is 8.10. The van der Waals surface area contributed by atoms with Gasteiger partial charge in [0.15, 0.2) is 0 Å². The van der Waals surface area contributed by atoms with Gasteiger partial charge in [-0.15, -0.1) is 0 Å². The number of aromatic nitrogens is 3. The molecular formula is C6H9N5V. The van der Waals surface area contributed by atoms with Crippen LogP contribution in [0.5, 0.6) is 0 Å². The summed E-state index contributed by atoms with van der Waals surface area (Å²) in [6.07, 6.45) is 2.38. The molecule has 0 saturated carbocycles. The second-order valence-electron chi connectivity index (χ2n) is 1.55. The Hall–Kier alpha value is -0.936. The largest absolute Gasteiger partial charge is 2.00 e. The Morgan fingerprint density at radius 1 is 1.67 bits per heavy atom. The number of nitrogens with zero attached hydrogens (tertiary/aromatic N) is 4. The summed E-state index contributed by atoms with van der Waals surface area (Å²) in [5, 5.41) is 3.40. The van der Waals surface area contributed by atoms with E-state index in [0.29, 0.717) is 11.8 Å². The topological polar surface area (TPSA) is 63.1 Å². The third-order valence-corrected chi connectivity index (χ3v) is 0.800. The molecule has 0 fully saturated rings. The summed E-state index contributed by atoms with van der Waals surface area (Å²) in [6, 6.07) is 0. The fourth-order valence-electron chi connectivity index (χ4n) is 0.456. The zero-order valence-corrected chi connectivity index (χ0v) is 8.21. The van der Waals surface area contributed by atoms with Crippen LogP contribution in [0.15, 0.2) is 5.10 Å². The molecule has 6 heteroatoms. The van der Waals surface area contributed by atoms with Crippen LogP contribution in [-0.2, 0) is 18.6 Å². The molecule has 1 heterocycles. The number of hydrogen-bond donors (Lipinski definition) is 1. The molecule has 0 saturated heterocycles. The first-order valence-corrected chi connectivity index (χ1v) is 2.57. The Kier molecular flexibility index (Phi) is 6.23. The molecule has 5 nitrogen and oxygen atoms in total. The van der Waals surface area contributed by atoms with Gasteiger partial charge in [-0.2, -0.15) is 0 Å². The van der Waals surface area contributed by atoms with E-state index in [1.165, 1.54) is 0 Å². The molecule has 1 radical (unpaired) electrons. The minimum Gasteiger partial charge on any atom is -0.358 e. The predicted octanol–water partition coefficient (Wildman–Crippen LogP) is 0.455. The van der Waals surface area contributed by atoms with Gasteiger partial charge < -0.3 is 22.4 Å². The quantitative estimate of drug-likeness (QED) is 0.430. The van der Waals surface area contributed by atoms with Crippen molar-refractivity contribution in [1.82, 2.24) is 15.0 Å². The van der Waals surface area contributed by atoms with Crippen LogP contribution in [0.1, 0.15) is 7.20 Å². The van der Waals surface area contributed by atoms with Crippen LogP contribution in [0.3, 0.4) is 0 Å². The minimum absolute atomic E-state index is 0. The van der Waals surface area contributed by atoms with Crippen LogP contribution in [0.25, 0.3) is 0 Å². The summed E-state index contributed by atoms with van der Waals surface area (Å²) in [5.74, 6) is 0.851. The van der Waals surface area contributed by atoms with Gasteiger partial charge in [-0.25, -0.2) is 5.10 Å². The molecule has 63 valence electrons. The van der Waals surface area contributed by atoms with Gasteiger partial charge in [0.25, 0.3) is 0 Å². The zero-order valence-electron chi connectivity index (χ0n) is 7.81. The summed E-state index contributed by atoms with van der Waals surface area (Å²) in [6.45, 7) is 2.58. The Balaban J connectivity index is 0. The maximum absolute atomic E-state index is 6.57. The third kappa shape index (κ3) is 4.05. The second-order valence-corrected chi connectivity index (χ2v) is 1.55. The molecule has 0 aromatic carbocycles. The molecule has 0 spiro atoms. The smallest absolute Gasteiger partial charge is 0.358 e. The molecule has 12 heavy (non-hydrogen) atoms. The van der Waals surface area contributed by atoms with E-state index < -0.39 is 0 Å². The van der Waals surface area contributed by atoms with E-state index >= 15 is 0 Å². The van der Waals surface area contributed by atoms with Crippen molar-refractivity contribution in [3.63, 3.8) is 0 Å². The summed E-state index contributed by atoms with van der Waals surface area (Å²) >= 11 is 0. The van der Waals surface area contributed by atoms with Crippen molar-refractivity contribution in [2.24, 2.45) is 5.10 Å². The average molecular weight is 203 g/mol. The molecule has 0 aliphatic rings. The molecule has 1 aromatic rings. The first-order chi connectivity index (χ1) is 5.33. The van der Waals surface area contributed by atoms with Crippen LogP contribution in [-0.4, -0.2) is 21.6 Å². The van der Waals surface area contributed by atoms with Gasteiger partial charge in [-0.3, -0.25) is 5.43 Å². The Morgan fingerprint density at radius 3 is 3.00 bits per heavy atom. The molecule has 1 aromatic heterocycles. The average Bonchev–Trinajstić information content (AvgIpc) is 2.01. The van der Waals surface area contributed by atoms with E-state index in [1.807, 2.05) is 0 Å². The number of anilines is 1. The van der Waals surface area contributed by atoms with Crippen LogP contribution in [0.4, 0.5) is 5.95 Å². The molecule has 0 amide bonds. The summed E-state index contributed by atoms with van der Waals surface area (Å²) in [7, 11) is 0. The Labute approximate surface area is 85.0 Å². The molecule has 0 aliphatic carbocycles. The van der Waals surface area contributed by atoms with Crippen molar-refractivity contribution in [2.45, 2.75) is 6.92 Å². The van der Waals surface area contributed by atoms with Crippen molar-refractivity contribution < 1.29 is 19.9 Å². The van der Waals surface area contributed by atoms with Gasteiger partial charge in [-0.05, 0) is 0 Å². The van der Waals surface area contributed by atoms with E-state index in [9.17, 15) is 0 Å². The predicted molar refractivity (Wildman–Crippen MR) is 43.0 cm³/mol. The van der Waals surface area contributed by atoms with Crippen molar-refractivity contribution in [3.05, 3.63) is 19.6 Å². The van der Waals surface area contributed by atoms with E-state index in [-0.39, 0.29) is 26.0 Å². The third-order valence-electron chi connectivity index (χ3n) is 0.800. The SMILES string of the molecule is [2H]C=NNc1n[c-]nc(C)n1.[CH3-].[V+2]. The molecule has 1 N–H and O–H groups in total. The fourth-order valence-corrected chi connectivity index (χ4v) is 0.456. The number of hydrazone groups is 1. The molecule has 0 bridgehead atoms. The molecule has 0 aliphatic heterocycles. The fraction of sp³-hybridized carbons (Fsp3) is 0.167. The van der Waals surface area contributed by atoms with Crippen molar-refractivity contribution in [3.8, 4) is 0 Å². The van der Waals surface area contributed by atoms with Crippen molar-refractivity contribution >= 4 is 12.6 Å². The van der Waals surface area contributed by atoms with E-state index in [4.69, 9.17) is 1.37 Å². The standard InChI is InChI=1S/C5H6N5.CH3.V/c1-4-7-3-8-5(9-4)10-6-2;;/h2H2,1H3,(H,7,8,9,10);1H3;/q2*-1;+2/i2D;;. The Bertz CT molecular complexity index is 267. The van der Waals surface area contributed by atoms with Crippen LogP contribution in [0.2, 0.25) is 0 Å². The minimum atomic E-state index is 0. The van der Waals surface area contributed by atoms with Gasteiger partial charge >= 0.3 is 18.6 Å². The number of rotatable bonds is 2. The van der Waals surface area contributed by atoms with Gasteiger partial charge in [0, 0.05) is 18.8 Å². The molecular weight excluding hydrogens is 193 g/mol. The first-order valence-electron chi connectivity index (χ1n) is 3.15. The first kappa shape index (κ1) is 11.1. The van der Waals surface area contributed by atoms with Crippen LogP contribution < -0.4 is 5.43 Å². The number of aryl methyl sites for hydroxylation is 1. The van der Waals surface area contributed by atoms with Gasteiger partial charge in [0.1, 0.15) is 5.95 Å². The summed E-state index contributed by atoms with van der Waals surface area (Å²) < 4.78 is 6.57. The van der Waals surface area contributed by atoms with Crippen molar-refractivity contribution in [1.29, 1.82) is 0 Å². The van der Waals surface area contributed by atoms with Gasteiger partial charge in [-0.1, -0.05) is 6.92 Å². The normalized spacial score (nSPS) is 9.58. The number of nitrogens with one attached hydrogen (secondary N) is 1. The van der Waals surface area contributed by atoms with Crippen molar-refractivity contribution in [2.75, 3.05) is 5.43 Å². The van der Waals surface area contributed by atoms with E-state index in [1.54, 1.807) is 6.92 Å². The second kappa shape index (κ2) is 6.75. The monoisotopic (exact) mass is 203 g/mol. The molecule has 1 rings (SSSR count). The molecule has 0 atom stereocenters. The van der Waals surface area contributed by atoms with Gasteiger partial charge in [0.2, 0.25) is 0 Å². The number of hydrogen-bond acceptors (Lipinski definition) is 5.